The fourth-order valence-electron chi connectivity index (χ4n) is 2.66. The highest BCUT2D eigenvalue weighted by atomic mass is 32.2. The van der Waals surface area contributed by atoms with Crippen LogP contribution < -0.4 is 5.32 Å². The molecule has 0 spiro atoms. The van der Waals surface area contributed by atoms with Crippen molar-refractivity contribution in [3.8, 4) is 0 Å². The van der Waals surface area contributed by atoms with E-state index in [0.717, 1.165) is 5.92 Å². The van der Waals surface area contributed by atoms with E-state index in [2.05, 4.69) is 57.5 Å². The van der Waals surface area contributed by atoms with Crippen LogP contribution in [-0.2, 0) is 6.42 Å². The highest BCUT2D eigenvalue weighted by Crippen LogP contribution is 2.29. The molecule has 1 aromatic rings. The lowest BCUT2D eigenvalue weighted by Gasteiger charge is -2.21. The fraction of sp³-hybridized carbons (Fsp3) is 0.667. The SMILES string of the molecule is CCCC(CCC)Nc1ccc(CC(C)C)cc1SC. The Morgan fingerprint density at radius 2 is 1.75 bits per heavy atom. The van der Waals surface area contributed by atoms with Gasteiger partial charge in [-0.2, -0.15) is 0 Å². The molecule has 0 aromatic heterocycles. The summed E-state index contributed by atoms with van der Waals surface area (Å²) in [5.41, 5.74) is 2.77. The molecule has 0 aliphatic carbocycles. The molecule has 0 aliphatic rings. The highest BCUT2D eigenvalue weighted by molar-refractivity contribution is 7.98. The lowest BCUT2D eigenvalue weighted by molar-refractivity contribution is 0.585. The Morgan fingerprint density at radius 1 is 1.10 bits per heavy atom. The second-order valence-electron chi connectivity index (χ2n) is 6.05. The summed E-state index contributed by atoms with van der Waals surface area (Å²) in [6.07, 6.45) is 8.36. The Hall–Kier alpha value is -0.630. The third-order valence-electron chi connectivity index (χ3n) is 3.54. The van der Waals surface area contributed by atoms with E-state index in [1.165, 1.54) is 48.3 Å². The first kappa shape index (κ1) is 17.4. The van der Waals surface area contributed by atoms with Crippen LogP contribution in [0, 0.1) is 5.92 Å². The number of hydrogen-bond acceptors (Lipinski definition) is 2. The Morgan fingerprint density at radius 3 is 2.25 bits per heavy atom. The number of rotatable bonds is 9. The van der Waals surface area contributed by atoms with Gasteiger partial charge in [0.15, 0.2) is 0 Å². The van der Waals surface area contributed by atoms with E-state index in [1.807, 2.05) is 11.8 Å². The largest absolute Gasteiger partial charge is 0.381 e. The molecule has 2 heteroatoms. The maximum absolute atomic E-state index is 3.76. The minimum atomic E-state index is 0.617. The van der Waals surface area contributed by atoms with Gasteiger partial charge >= 0.3 is 0 Å². The van der Waals surface area contributed by atoms with Gasteiger partial charge in [-0.25, -0.2) is 0 Å². The van der Waals surface area contributed by atoms with Crippen LogP contribution >= 0.6 is 11.8 Å². The minimum Gasteiger partial charge on any atom is -0.381 e. The molecule has 1 nitrogen and oxygen atoms in total. The number of thioether (sulfide) groups is 1. The standard InChI is InChI=1S/C18H31NS/c1-6-8-16(9-7-2)19-17-11-10-15(12-14(3)4)13-18(17)20-5/h10-11,13-14,16,19H,6-9,12H2,1-5H3. The third-order valence-corrected chi connectivity index (χ3v) is 4.32. The van der Waals surface area contributed by atoms with Gasteiger partial charge in [0.25, 0.3) is 0 Å². The van der Waals surface area contributed by atoms with Gasteiger partial charge in [-0.15, -0.1) is 11.8 Å². The second-order valence-corrected chi connectivity index (χ2v) is 6.90. The predicted molar refractivity (Wildman–Crippen MR) is 94.0 cm³/mol. The smallest absolute Gasteiger partial charge is 0.0480 e. The summed E-state index contributed by atoms with van der Waals surface area (Å²) in [4.78, 5) is 1.39. The molecule has 0 saturated heterocycles. The molecular weight excluding hydrogens is 262 g/mol. The van der Waals surface area contributed by atoms with Crippen molar-refractivity contribution in [1.82, 2.24) is 0 Å². The zero-order valence-electron chi connectivity index (χ0n) is 13.8. The van der Waals surface area contributed by atoms with Crippen LogP contribution in [0.15, 0.2) is 23.1 Å². The topological polar surface area (TPSA) is 12.0 Å². The van der Waals surface area contributed by atoms with E-state index in [9.17, 15) is 0 Å². The summed E-state index contributed by atoms with van der Waals surface area (Å²) < 4.78 is 0. The van der Waals surface area contributed by atoms with Crippen molar-refractivity contribution in [2.24, 2.45) is 5.92 Å². The van der Waals surface area contributed by atoms with Crippen LogP contribution in [0.1, 0.15) is 58.9 Å². The van der Waals surface area contributed by atoms with E-state index >= 15 is 0 Å². The van der Waals surface area contributed by atoms with Crippen molar-refractivity contribution in [2.45, 2.75) is 70.7 Å². The van der Waals surface area contributed by atoms with Gasteiger partial charge in [-0.05, 0) is 49.1 Å². The van der Waals surface area contributed by atoms with Crippen molar-refractivity contribution in [3.63, 3.8) is 0 Å². The monoisotopic (exact) mass is 293 g/mol. The lowest BCUT2D eigenvalue weighted by Crippen LogP contribution is -2.19. The normalized spacial score (nSPS) is 11.3. The van der Waals surface area contributed by atoms with Crippen molar-refractivity contribution in [1.29, 1.82) is 0 Å². The Balaban J connectivity index is 2.82. The molecule has 1 N–H and O–H groups in total. The number of nitrogens with one attached hydrogen (secondary N) is 1. The van der Waals surface area contributed by atoms with Crippen molar-refractivity contribution in [2.75, 3.05) is 11.6 Å². The van der Waals surface area contributed by atoms with Gasteiger partial charge in [-0.1, -0.05) is 46.6 Å². The molecule has 20 heavy (non-hydrogen) atoms. The van der Waals surface area contributed by atoms with Gasteiger partial charge in [0.1, 0.15) is 0 Å². The van der Waals surface area contributed by atoms with E-state index in [-0.39, 0.29) is 0 Å². The van der Waals surface area contributed by atoms with Crippen LogP contribution in [-0.4, -0.2) is 12.3 Å². The Bertz CT molecular complexity index is 381. The molecule has 0 atom stereocenters. The zero-order valence-corrected chi connectivity index (χ0v) is 14.6. The fourth-order valence-corrected chi connectivity index (χ4v) is 3.27. The van der Waals surface area contributed by atoms with Crippen LogP contribution in [0.2, 0.25) is 0 Å². The number of hydrogen-bond donors (Lipinski definition) is 1. The molecule has 0 unspecified atom stereocenters. The molecule has 0 aliphatic heterocycles. The van der Waals surface area contributed by atoms with Crippen LogP contribution in [0.25, 0.3) is 0 Å². The first-order chi connectivity index (χ1) is 9.60. The van der Waals surface area contributed by atoms with Crippen LogP contribution in [0.5, 0.6) is 0 Å². The van der Waals surface area contributed by atoms with Gasteiger partial charge in [0.05, 0.1) is 0 Å². The molecular formula is C18H31NS. The van der Waals surface area contributed by atoms with Gasteiger partial charge in [-0.3, -0.25) is 0 Å². The summed E-state index contributed by atoms with van der Waals surface area (Å²) >= 11 is 1.85. The first-order valence-electron chi connectivity index (χ1n) is 8.04. The number of benzene rings is 1. The molecule has 0 saturated carbocycles. The average Bonchev–Trinajstić information content (AvgIpc) is 2.40. The molecule has 0 heterocycles. The maximum atomic E-state index is 3.76. The second kappa shape index (κ2) is 9.33. The maximum Gasteiger partial charge on any atom is 0.0480 e. The van der Waals surface area contributed by atoms with Gasteiger partial charge < -0.3 is 5.32 Å². The van der Waals surface area contributed by atoms with Crippen LogP contribution in [0.3, 0.4) is 0 Å². The van der Waals surface area contributed by atoms with E-state index in [0.29, 0.717) is 6.04 Å². The Labute approximate surface area is 129 Å². The molecule has 0 radical (unpaired) electrons. The molecule has 114 valence electrons. The Kier molecular flexibility index (Phi) is 8.13. The number of anilines is 1. The highest BCUT2D eigenvalue weighted by Gasteiger charge is 2.10. The van der Waals surface area contributed by atoms with E-state index in [1.54, 1.807) is 0 Å². The van der Waals surface area contributed by atoms with Gasteiger partial charge in [0.2, 0.25) is 0 Å². The van der Waals surface area contributed by atoms with Crippen molar-refractivity contribution >= 4 is 17.4 Å². The molecule has 0 bridgehead atoms. The third kappa shape index (κ3) is 5.78. The molecule has 0 fully saturated rings. The molecule has 1 aromatic carbocycles. The lowest BCUT2D eigenvalue weighted by atomic mass is 10.0. The van der Waals surface area contributed by atoms with E-state index < -0.39 is 0 Å². The summed E-state index contributed by atoms with van der Waals surface area (Å²) in [5.74, 6) is 0.719. The minimum absolute atomic E-state index is 0.617. The average molecular weight is 294 g/mol. The van der Waals surface area contributed by atoms with Crippen LogP contribution in [0.4, 0.5) is 5.69 Å². The van der Waals surface area contributed by atoms with Crippen molar-refractivity contribution < 1.29 is 0 Å². The summed E-state index contributed by atoms with van der Waals surface area (Å²) in [5, 5.41) is 3.76. The van der Waals surface area contributed by atoms with Gasteiger partial charge in [0, 0.05) is 16.6 Å². The van der Waals surface area contributed by atoms with Crippen molar-refractivity contribution in [3.05, 3.63) is 23.8 Å². The molecule has 1 rings (SSSR count). The summed E-state index contributed by atoms with van der Waals surface area (Å²) in [7, 11) is 0. The summed E-state index contributed by atoms with van der Waals surface area (Å²) in [6.45, 7) is 9.10. The predicted octanol–water partition coefficient (Wildman–Crippen LogP) is 5.99. The molecule has 0 amide bonds. The summed E-state index contributed by atoms with van der Waals surface area (Å²) in [6, 6.07) is 7.55. The van der Waals surface area contributed by atoms with E-state index in [4.69, 9.17) is 0 Å². The first-order valence-corrected chi connectivity index (χ1v) is 9.26. The quantitative estimate of drug-likeness (QED) is 0.561. The zero-order chi connectivity index (χ0) is 15.0.